The first-order valence-corrected chi connectivity index (χ1v) is 5.25. The van der Waals surface area contributed by atoms with Gasteiger partial charge in [0.05, 0.1) is 0 Å². The summed E-state index contributed by atoms with van der Waals surface area (Å²) in [5.41, 5.74) is 0. The highest BCUT2D eigenvalue weighted by Crippen LogP contribution is 2.01. The maximum atomic E-state index is 11.3. The van der Waals surface area contributed by atoms with E-state index in [4.69, 9.17) is 4.74 Å². The molecule has 0 atom stereocenters. The van der Waals surface area contributed by atoms with Gasteiger partial charge in [-0.25, -0.2) is 0 Å². The van der Waals surface area contributed by atoms with Crippen LogP contribution in [0.4, 0.5) is 0 Å². The van der Waals surface area contributed by atoms with Crippen molar-refractivity contribution in [1.29, 1.82) is 0 Å². The van der Waals surface area contributed by atoms with Crippen molar-refractivity contribution >= 4 is 11.8 Å². The molecule has 0 aromatic rings. The van der Waals surface area contributed by atoms with Crippen LogP contribution in [-0.2, 0) is 14.3 Å². The van der Waals surface area contributed by atoms with Crippen molar-refractivity contribution in [3.05, 3.63) is 0 Å². The highest BCUT2D eigenvalue weighted by atomic mass is 16.5. The second-order valence-electron chi connectivity index (χ2n) is 3.89. The third kappa shape index (κ3) is 3.97. The molecule has 86 valence electrons. The topological polar surface area (TPSA) is 58.6 Å². The fourth-order valence-corrected chi connectivity index (χ4v) is 1.40. The number of nitrogens with zero attached hydrogens (tertiary/aromatic N) is 1. The van der Waals surface area contributed by atoms with Gasteiger partial charge in [-0.2, -0.15) is 0 Å². The van der Waals surface area contributed by atoms with Gasteiger partial charge in [-0.3, -0.25) is 14.5 Å². The van der Waals surface area contributed by atoms with E-state index in [1.54, 1.807) is 0 Å². The van der Waals surface area contributed by atoms with Gasteiger partial charge in [0, 0.05) is 12.6 Å². The summed E-state index contributed by atoms with van der Waals surface area (Å²) in [5, 5.41) is 3.23. The Morgan fingerprint density at radius 3 is 2.47 bits per heavy atom. The van der Waals surface area contributed by atoms with Crippen molar-refractivity contribution in [1.82, 2.24) is 10.2 Å². The number of hydrogen-bond acceptors (Lipinski definition) is 4. The lowest BCUT2D eigenvalue weighted by molar-refractivity contribution is -0.158. The molecule has 5 nitrogen and oxygen atoms in total. The molecule has 15 heavy (non-hydrogen) atoms. The monoisotopic (exact) mass is 214 g/mol. The summed E-state index contributed by atoms with van der Waals surface area (Å²) in [6.07, 6.45) is 0.787. The Kier molecular flexibility index (Phi) is 4.71. The van der Waals surface area contributed by atoms with E-state index in [-0.39, 0.29) is 25.0 Å². The third-order valence-corrected chi connectivity index (χ3v) is 2.16. The quantitative estimate of drug-likeness (QED) is 0.507. The Morgan fingerprint density at radius 2 is 1.93 bits per heavy atom. The van der Waals surface area contributed by atoms with Crippen molar-refractivity contribution in [3.63, 3.8) is 0 Å². The van der Waals surface area contributed by atoms with Crippen LogP contribution in [0.2, 0.25) is 0 Å². The molecule has 0 aliphatic carbocycles. The molecule has 0 aromatic carbocycles. The molecule has 1 heterocycles. The van der Waals surface area contributed by atoms with E-state index in [1.165, 1.54) is 4.90 Å². The van der Waals surface area contributed by atoms with Crippen LogP contribution in [0, 0.1) is 0 Å². The predicted octanol–water partition coefficient (Wildman–Crippen LogP) is -0.240. The summed E-state index contributed by atoms with van der Waals surface area (Å²) in [7, 11) is 0. The van der Waals surface area contributed by atoms with Gasteiger partial charge in [0.2, 0.25) is 0 Å². The number of rotatable bonds is 5. The van der Waals surface area contributed by atoms with Gasteiger partial charge in [-0.15, -0.1) is 0 Å². The minimum absolute atomic E-state index is 0.0311. The number of carbonyl (C=O) groups excluding carboxylic acids is 2. The van der Waals surface area contributed by atoms with Gasteiger partial charge >= 0.3 is 0 Å². The van der Waals surface area contributed by atoms with Gasteiger partial charge in [-0.05, 0) is 13.0 Å². The molecule has 5 heteroatoms. The van der Waals surface area contributed by atoms with E-state index in [0.29, 0.717) is 12.6 Å². The summed E-state index contributed by atoms with van der Waals surface area (Å²) in [5.74, 6) is -0.452. The Labute approximate surface area is 89.8 Å². The van der Waals surface area contributed by atoms with Crippen molar-refractivity contribution < 1.29 is 14.3 Å². The molecule has 1 N–H and O–H groups in total. The Hall–Kier alpha value is -0.940. The average molecular weight is 214 g/mol. The molecule has 0 saturated carbocycles. The zero-order valence-electron chi connectivity index (χ0n) is 9.28. The van der Waals surface area contributed by atoms with Crippen molar-refractivity contribution in [2.24, 2.45) is 0 Å². The van der Waals surface area contributed by atoms with Crippen molar-refractivity contribution in [3.8, 4) is 0 Å². The van der Waals surface area contributed by atoms with E-state index >= 15 is 0 Å². The number of nitrogens with one attached hydrogen (secondary N) is 1. The molecule has 1 saturated heterocycles. The number of morpholine rings is 1. The van der Waals surface area contributed by atoms with Crippen molar-refractivity contribution in [2.45, 2.75) is 26.3 Å². The molecule has 1 rings (SSSR count). The fraction of sp³-hybridized carbons (Fsp3) is 0.800. The highest BCUT2D eigenvalue weighted by molar-refractivity contribution is 5.98. The lowest BCUT2D eigenvalue weighted by atomic mass is 10.3. The molecule has 0 bridgehead atoms. The Bertz CT molecular complexity index is 225. The van der Waals surface area contributed by atoms with Gasteiger partial charge in [0.1, 0.15) is 13.2 Å². The zero-order chi connectivity index (χ0) is 11.3. The van der Waals surface area contributed by atoms with Crippen LogP contribution >= 0.6 is 0 Å². The highest BCUT2D eigenvalue weighted by Gasteiger charge is 2.25. The lowest BCUT2D eigenvalue weighted by Gasteiger charge is -2.24. The first-order chi connectivity index (χ1) is 7.11. The predicted molar refractivity (Wildman–Crippen MR) is 55.3 cm³/mol. The van der Waals surface area contributed by atoms with E-state index in [0.717, 1.165) is 13.0 Å². The average Bonchev–Trinajstić information content (AvgIpc) is 2.15. The molecular weight excluding hydrogens is 196 g/mol. The molecule has 1 aliphatic heterocycles. The second kappa shape index (κ2) is 5.82. The van der Waals surface area contributed by atoms with E-state index in [2.05, 4.69) is 19.2 Å². The smallest absolute Gasteiger partial charge is 0.255 e. The van der Waals surface area contributed by atoms with Crippen LogP contribution in [0.3, 0.4) is 0 Å². The largest absolute Gasteiger partial charge is 0.362 e. The maximum absolute atomic E-state index is 11.3. The first-order valence-electron chi connectivity index (χ1n) is 5.25. The number of ether oxygens (including phenoxy) is 1. The third-order valence-electron chi connectivity index (χ3n) is 2.16. The molecule has 0 radical (unpaired) electrons. The van der Waals surface area contributed by atoms with E-state index in [9.17, 15) is 9.59 Å². The van der Waals surface area contributed by atoms with Crippen LogP contribution in [-0.4, -0.2) is 49.1 Å². The van der Waals surface area contributed by atoms with E-state index in [1.807, 2.05) is 0 Å². The standard InChI is InChI=1S/C10H18N2O3/c1-8(2)11-4-3-5-12-9(13)6-15-7-10(12)14/h8,11H,3-7H2,1-2H3. The summed E-state index contributed by atoms with van der Waals surface area (Å²) in [4.78, 5) is 23.9. The number of imide groups is 1. The van der Waals surface area contributed by atoms with Crippen LogP contribution < -0.4 is 5.32 Å². The number of amides is 2. The van der Waals surface area contributed by atoms with Gasteiger partial charge in [0.25, 0.3) is 11.8 Å². The van der Waals surface area contributed by atoms with Gasteiger partial charge in [-0.1, -0.05) is 13.8 Å². The first kappa shape index (κ1) is 12.1. The molecule has 0 aromatic heterocycles. The minimum atomic E-state index is -0.226. The molecule has 2 amide bonds. The Morgan fingerprint density at radius 1 is 1.33 bits per heavy atom. The normalized spacial score (nSPS) is 17.7. The summed E-state index contributed by atoms with van der Waals surface area (Å²) >= 11 is 0. The second-order valence-corrected chi connectivity index (χ2v) is 3.89. The SMILES string of the molecule is CC(C)NCCCN1C(=O)COCC1=O. The maximum Gasteiger partial charge on any atom is 0.255 e. The zero-order valence-corrected chi connectivity index (χ0v) is 9.28. The summed E-state index contributed by atoms with van der Waals surface area (Å²) in [6.45, 7) is 5.49. The summed E-state index contributed by atoms with van der Waals surface area (Å²) in [6, 6.07) is 0.432. The molecule has 1 aliphatic rings. The van der Waals surface area contributed by atoms with Crippen LogP contribution in [0.25, 0.3) is 0 Å². The van der Waals surface area contributed by atoms with Gasteiger partial charge < -0.3 is 10.1 Å². The van der Waals surface area contributed by atoms with Crippen LogP contribution in [0.5, 0.6) is 0 Å². The van der Waals surface area contributed by atoms with E-state index < -0.39 is 0 Å². The number of hydrogen-bond donors (Lipinski definition) is 1. The molecule has 1 fully saturated rings. The van der Waals surface area contributed by atoms with Crippen molar-refractivity contribution in [2.75, 3.05) is 26.3 Å². The van der Waals surface area contributed by atoms with Crippen LogP contribution in [0.1, 0.15) is 20.3 Å². The fourth-order valence-electron chi connectivity index (χ4n) is 1.40. The minimum Gasteiger partial charge on any atom is -0.362 e. The molecule has 0 unspecified atom stereocenters. The molecular formula is C10H18N2O3. The number of carbonyl (C=O) groups is 2. The Balaban J connectivity index is 2.24. The van der Waals surface area contributed by atoms with Crippen LogP contribution in [0.15, 0.2) is 0 Å². The summed E-state index contributed by atoms with van der Waals surface area (Å²) < 4.78 is 4.81. The van der Waals surface area contributed by atoms with Gasteiger partial charge in [0.15, 0.2) is 0 Å². The lowest BCUT2D eigenvalue weighted by Crippen LogP contribution is -2.47. The molecule has 0 spiro atoms.